The number of amides is 1. The van der Waals surface area contributed by atoms with Crippen molar-refractivity contribution in [3.8, 4) is 11.1 Å². The lowest BCUT2D eigenvalue weighted by Crippen LogP contribution is -2.52. The second-order valence-electron chi connectivity index (χ2n) is 8.76. The summed E-state index contributed by atoms with van der Waals surface area (Å²) >= 11 is 0. The minimum Gasteiger partial charge on any atom is -0.381 e. The van der Waals surface area contributed by atoms with Crippen molar-refractivity contribution in [1.29, 1.82) is 0 Å². The summed E-state index contributed by atoms with van der Waals surface area (Å²) in [5.74, 6) is -2.84. The molecule has 6 nitrogen and oxygen atoms in total. The number of halogens is 3. The van der Waals surface area contributed by atoms with Gasteiger partial charge in [-0.05, 0) is 49.9 Å². The molecule has 0 bridgehead atoms. The molecule has 1 unspecified atom stereocenters. The van der Waals surface area contributed by atoms with Gasteiger partial charge in [-0.15, -0.1) is 0 Å². The van der Waals surface area contributed by atoms with E-state index in [2.05, 4.69) is 9.08 Å². The van der Waals surface area contributed by atoms with Crippen LogP contribution in [0.2, 0.25) is 0 Å². The first-order chi connectivity index (χ1) is 15.3. The van der Waals surface area contributed by atoms with Gasteiger partial charge in [0.1, 0.15) is 33.0 Å². The van der Waals surface area contributed by atoms with E-state index in [1.165, 1.54) is 44.2 Å². The van der Waals surface area contributed by atoms with Crippen LogP contribution in [0.4, 0.5) is 13.2 Å². The number of likely N-dealkylation sites (tertiary alicyclic amines) is 1. The molecule has 2 N–H and O–H groups in total. The van der Waals surface area contributed by atoms with Gasteiger partial charge in [-0.3, -0.25) is 4.79 Å². The van der Waals surface area contributed by atoms with E-state index >= 15 is 4.39 Å². The van der Waals surface area contributed by atoms with Gasteiger partial charge in [0.15, 0.2) is 0 Å². The molecular formula is C23H28F3N3O3S. The summed E-state index contributed by atoms with van der Waals surface area (Å²) < 4.78 is 62.2. The van der Waals surface area contributed by atoms with Crippen molar-refractivity contribution in [2.75, 3.05) is 19.8 Å². The van der Waals surface area contributed by atoms with E-state index in [-0.39, 0.29) is 29.7 Å². The Morgan fingerprint density at radius 2 is 1.88 bits per heavy atom. The lowest BCUT2D eigenvalue weighted by atomic mass is 9.95. The molecule has 33 heavy (non-hydrogen) atoms. The molecule has 180 valence electrons. The normalized spacial score (nSPS) is 20.5. The van der Waals surface area contributed by atoms with Crippen LogP contribution < -0.4 is 4.72 Å². The molecule has 3 atom stereocenters. The number of benzene rings is 2. The van der Waals surface area contributed by atoms with E-state index < -0.39 is 51.0 Å². The Labute approximate surface area is 192 Å². The molecule has 1 aliphatic rings. The number of hydrogen-bond donors (Lipinski definition) is 2. The van der Waals surface area contributed by atoms with Crippen molar-refractivity contribution < 1.29 is 27.3 Å². The lowest BCUT2D eigenvalue weighted by Gasteiger charge is -2.33. The SMILES string of the molecule is CN=S(C)(=O)N[C@H]1CCN(C(=O)C(C)(C)O)[C@H]1Cc1cccc(-c2cc(F)cc(F)c2)c1F. The van der Waals surface area contributed by atoms with Crippen molar-refractivity contribution >= 4 is 15.8 Å². The Hall–Kier alpha value is -2.43. The van der Waals surface area contributed by atoms with Gasteiger partial charge in [-0.25, -0.2) is 26.5 Å². The van der Waals surface area contributed by atoms with Gasteiger partial charge >= 0.3 is 0 Å². The fourth-order valence-electron chi connectivity index (χ4n) is 4.08. The Kier molecular flexibility index (Phi) is 7.21. The van der Waals surface area contributed by atoms with Crippen LogP contribution in [-0.2, 0) is 21.1 Å². The third kappa shape index (κ3) is 5.74. The van der Waals surface area contributed by atoms with Crippen LogP contribution in [0.15, 0.2) is 40.8 Å². The number of carbonyl (C=O) groups excluding carboxylic acids is 1. The second kappa shape index (κ2) is 9.44. The van der Waals surface area contributed by atoms with E-state index in [1.807, 2.05) is 0 Å². The third-order valence-corrected chi connectivity index (χ3v) is 7.17. The van der Waals surface area contributed by atoms with Crippen LogP contribution in [0.25, 0.3) is 11.1 Å². The summed E-state index contributed by atoms with van der Waals surface area (Å²) in [5, 5.41) is 10.3. The van der Waals surface area contributed by atoms with Crippen LogP contribution >= 0.6 is 0 Å². The minimum atomic E-state index is -2.74. The van der Waals surface area contributed by atoms with Crippen molar-refractivity contribution in [2.24, 2.45) is 4.36 Å². The highest BCUT2D eigenvalue weighted by Gasteiger charge is 2.42. The fraction of sp³-hybridized carbons (Fsp3) is 0.435. The first-order valence-electron chi connectivity index (χ1n) is 10.5. The molecule has 10 heteroatoms. The fourth-order valence-corrected chi connectivity index (χ4v) is 5.02. The molecule has 1 aliphatic heterocycles. The first-order valence-corrected chi connectivity index (χ1v) is 12.4. The van der Waals surface area contributed by atoms with Gasteiger partial charge in [0.25, 0.3) is 5.91 Å². The topological polar surface area (TPSA) is 82.0 Å². The maximum Gasteiger partial charge on any atom is 0.254 e. The Morgan fingerprint density at radius 3 is 2.45 bits per heavy atom. The highest BCUT2D eigenvalue weighted by Crippen LogP contribution is 2.30. The average molecular weight is 484 g/mol. The van der Waals surface area contributed by atoms with Crippen LogP contribution in [0.5, 0.6) is 0 Å². The predicted octanol–water partition coefficient (Wildman–Crippen LogP) is 3.29. The number of carbonyl (C=O) groups is 1. The van der Waals surface area contributed by atoms with Gasteiger partial charge in [-0.2, -0.15) is 0 Å². The Morgan fingerprint density at radius 1 is 1.24 bits per heavy atom. The van der Waals surface area contributed by atoms with Crippen LogP contribution in [0.1, 0.15) is 25.8 Å². The van der Waals surface area contributed by atoms with Crippen LogP contribution in [-0.4, -0.2) is 57.7 Å². The summed E-state index contributed by atoms with van der Waals surface area (Å²) in [7, 11) is -1.32. The Bertz CT molecular complexity index is 1150. The standard InChI is InChI=1S/C23H28F3N3O3S/c1-23(2,31)22(30)29-9-8-19(28-33(4,32)27-3)20(29)12-14-6-5-7-18(21(14)26)15-10-16(24)13-17(25)11-15/h5-7,10-11,13,19-20,31H,8-9,12H2,1-4H3,(H,27,28,32)/t19-,20-,33?/m0/s1. The largest absolute Gasteiger partial charge is 0.381 e. The average Bonchev–Trinajstić information content (AvgIpc) is 3.08. The van der Waals surface area contributed by atoms with E-state index in [0.717, 1.165) is 12.1 Å². The molecule has 2 aromatic rings. The predicted molar refractivity (Wildman–Crippen MR) is 121 cm³/mol. The lowest BCUT2D eigenvalue weighted by molar-refractivity contribution is -0.148. The van der Waals surface area contributed by atoms with Gasteiger partial charge in [0.2, 0.25) is 0 Å². The summed E-state index contributed by atoms with van der Waals surface area (Å²) in [6.45, 7) is 3.02. The second-order valence-corrected chi connectivity index (χ2v) is 11.0. The molecular weight excluding hydrogens is 455 g/mol. The third-order valence-electron chi connectivity index (χ3n) is 5.73. The number of aliphatic hydroxyl groups is 1. The molecule has 1 fully saturated rings. The maximum atomic E-state index is 15.5. The van der Waals surface area contributed by atoms with Gasteiger partial charge < -0.3 is 10.0 Å². The van der Waals surface area contributed by atoms with E-state index in [4.69, 9.17) is 0 Å². The number of nitrogens with zero attached hydrogens (tertiary/aromatic N) is 2. The summed E-state index contributed by atoms with van der Waals surface area (Å²) in [5.41, 5.74) is -1.34. The van der Waals surface area contributed by atoms with E-state index in [0.29, 0.717) is 12.5 Å². The number of hydrogen-bond acceptors (Lipinski definition) is 4. The first kappa shape index (κ1) is 25.2. The quantitative estimate of drug-likeness (QED) is 0.662. The molecule has 0 saturated carbocycles. The molecule has 1 saturated heterocycles. The molecule has 2 aromatic carbocycles. The highest BCUT2D eigenvalue weighted by molar-refractivity contribution is 7.91. The zero-order valence-corrected chi connectivity index (χ0v) is 19.8. The van der Waals surface area contributed by atoms with Gasteiger partial charge in [-0.1, -0.05) is 18.2 Å². The highest BCUT2D eigenvalue weighted by atomic mass is 32.2. The molecule has 0 aromatic heterocycles. The summed E-state index contributed by atoms with van der Waals surface area (Å²) in [4.78, 5) is 14.3. The van der Waals surface area contributed by atoms with E-state index in [9.17, 15) is 22.9 Å². The summed E-state index contributed by atoms with van der Waals surface area (Å²) in [6.07, 6.45) is 1.91. The van der Waals surface area contributed by atoms with Crippen molar-refractivity contribution in [3.05, 3.63) is 59.4 Å². The van der Waals surface area contributed by atoms with Crippen LogP contribution in [0.3, 0.4) is 0 Å². The number of nitrogens with one attached hydrogen (secondary N) is 1. The van der Waals surface area contributed by atoms with Crippen molar-refractivity contribution in [1.82, 2.24) is 9.62 Å². The smallest absolute Gasteiger partial charge is 0.254 e. The molecule has 0 aliphatic carbocycles. The molecule has 0 spiro atoms. The van der Waals surface area contributed by atoms with Crippen LogP contribution in [0, 0.1) is 17.5 Å². The van der Waals surface area contributed by atoms with Gasteiger partial charge in [0, 0.05) is 37.5 Å². The van der Waals surface area contributed by atoms with E-state index in [1.54, 1.807) is 6.07 Å². The molecule has 3 rings (SSSR count). The maximum absolute atomic E-state index is 15.5. The monoisotopic (exact) mass is 483 g/mol. The Balaban J connectivity index is 2.01. The zero-order valence-electron chi connectivity index (χ0n) is 18.9. The van der Waals surface area contributed by atoms with Crippen molar-refractivity contribution in [2.45, 2.75) is 44.4 Å². The number of rotatable bonds is 6. The zero-order chi connectivity index (χ0) is 24.6. The molecule has 1 amide bonds. The minimum absolute atomic E-state index is 0.0246. The molecule has 1 heterocycles. The summed E-state index contributed by atoms with van der Waals surface area (Å²) in [6, 6.07) is 6.24. The molecule has 0 radical (unpaired) electrons. The van der Waals surface area contributed by atoms with Crippen molar-refractivity contribution in [3.63, 3.8) is 0 Å². The van der Waals surface area contributed by atoms with Gasteiger partial charge in [0.05, 0.1) is 6.04 Å².